The minimum absolute atomic E-state index is 0.107. The van der Waals surface area contributed by atoms with Gasteiger partial charge in [-0.1, -0.05) is 42.5 Å². The van der Waals surface area contributed by atoms with Crippen molar-refractivity contribution in [1.29, 1.82) is 0 Å². The number of carbonyl (C=O) groups excluding carboxylic acids is 2. The molecule has 2 N–H and O–H groups in total. The second-order valence-electron chi connectivity index (χ2n) is 6.76. The lowest BCUT2D eigenvalue weighted by Gasteiger charge is -2.38. The van der Waals surface area contributed by atoms with E-state index in [-0.39, 0.29) is 24.3 Å². The van der Waals surface area contributed by atoms with Crippen molar-refractivity contribution in [2.45, 2.75) is 25.3 Å². The van der Waals surface area contributed by atoms with Crippen LogP contribution in [0.5, 0.6) is 0 Å². The molecule has 2 amide bonds. The topological polar surface area (TPSA) is 66.6 Å². The zero-order valence-corrected chi connectivity index (χ0v) is 14.6. The number of nitrogens with two attached hydrogens (primary N) is 1. The minimum atomic E-state index is -0.352. The normalized spacial score (nSPS) is 18.7. The van der Waals surface area contributed by atoms with Crippen LogP contribution in [0.3, 0.4) is 0 Å². The van der Waals surface area contributed by atoms with Gasteiger partial charge in [-0.05, 0) is 36.2 Å². The maximum Gasteiger partial charge on any atom is 0.239 e. The highest BCUT2D eigenvalue weighted by Gasteiger charge is 2.32. The summed E-state index contributed by atoms with van der Waals surface area (Å²) in [6.07, 6.45) is 1.58. The largest absolute Gasteiger partial charge is 0.370 e. The summed E-state index contributed by atoms with van der Waals surface area (Å²) in [5.74, 6) is -0.245. The number of rotatable bonds is 6. The summed E-state index contributed by atoms with van der Waals surface area (Å²) >= 11 is 0. The molecule has 0 bridgehead atoms. The Morgan fingerprint density at radius 1 is 1.16 bits per heavy atom. The van der Waals surface area contributed by atoms with Crippen LogP contribution in [0.25, 0.3) is 10.8 Å². The molecule has 1 saturated heterocycles. The summed E-state index contributed by atoms with van der Waals surface area (Å²) in [6, 6.07) is 14.5. The van der Waals surface area contributed by atoms with Crippen LogP contribution in [0.2, 0.25) is 0 Å². The third-order valence-electron chi connectivity index (χ3n) is 5.00. The van der Waals surface area contributed by atoms with Gasteiger partial charge < -0.3 is 10.6 Å². The third kappa shape index (κ3) is 4.17. The average molecular weight is 339 g/mol. The fourth-order valence-corrected chi connectivity index (χ4v) is 3.45. The first-order valence-corrected chi connectivity index (χ1v) is 8.79. The molecule has 0 aromatic heterocycles. The molecule has 0 spiro atoms. The van der Waals surface area contributed by atoms with E-state index in [0.29, 0.717) is 13.0 Å². The van der Waals surface area contributed by atoms with Crippen molar-refractivity contribution >= 4 is 22.6 Å². The van der Waals surface area contributed by atoms with Crippen molar-refractivity contribution in [2.24, 2.45) is 5.73 Å². The molecule has 1 unspecified atom stereocenters. The number of likely N-dealkylation sites (N-methyl/N-ethyl adjacent to an activating group) is 1. The molecule has 5 heteroatoms. The summed E-state index contributed by atoms with van der Waals surface area (Å²) in [4.78, 5) is 27.7. The number of carbonyl (C=O) groups is 2. The molecule has 0 saturated carbocycles. The van der Waals surface area contributed by atoms with Gasteiger partial charge in [-0.3, -0.25) is 14.5 Å². The lowest BCUT2D eigenvalue weighted by Crippen LogP contribution is -2.56. The first-order chi connectivity index (χ1) is 12.0. The van der Waals surface area contributed by atoms with Gasteiger partial charge in [-0.15, -0.1) is 0 Å². The van der Waals surface area contributed by atoms with Crippen molar-refractivity contribution in [3.63, 3.8) is 0 Å². The summed E-state index contributed by atoms with van der Waals surface area (Å²) in [7, 11) is 1.93. The number of fused-ring (bicyclic) bond motifs is 1. The first kappa shape index (κ1) is 17.4. The Balaban J connectivity index is 1.63. The Labute approximate surface area is 148 Å². The van der Waals surface area contributed by atoms with Gasteiger partial charge in [-0.25, -0.2) is 0 Å². The number of amides is 2. The maximum atomic E-state index is 12.7. The maximum absolute atomic E-state index is 12.7. The van der Waals surface area contributed by atoms with Crippen molar-refractivity contribution in [3.05, 3.63) is 48.0 Å². The predicted molar refractivity (Wildman–Crippen MR) is 99.1 cm³/mol. The molecular weight excluding hydrogens is 314 g/mol. The van der Waals surface area contributed by atoms with Crippen LogP contribution >= 0.6 is 0 Å². The highest BCUT2D eigenvalue weighted by atomic mass is 16.2. The van der Waals surface area contributed by atoms with Gasteiger partial charge in [-0.2, -0.15) is 0 Å². The van der Waals surface area contributed by atoms with Gasteiger partial charge in [0, 0.05) is 26.1 Å². The van der Waals surface area contributed by atoms with Crippen molar-refractivity contribution in [2.75, 3.05) is 26.7 Å². The predicted octanol–water partition coefficient (Wildman–Crippen LogP) is 1.79. The molecule has 1 aliphatic heterocycles. The molecule has 132 valence electrons. The first-order valence-electron chi connectivity index (χ1n) is 8.79. The minimum Gasteiger partial charge on any atom is -0.370 e. The van der Waals surface area contributed by atoms with E-state index >= 15 is 0 Å². The van der Waals surface area contributed by atoms with Gasteiger partial charge in [0.15, 0.2) is 0 Å². The fourth-order valence-electron chi connectivity index (χ4n) is 3.45. The van der Waals surface area contributed by atoms with Crippen molar-refractivity contribution in [3.8, 4) is 0 Å². The zero-order chi connectivity index (χ0) is 17.8. The van der Waals surface area contributed by atoms with E-state index in [0.717, 1.165) is 19.5 Å². The van der Waals surface area contributed by atoms with Crippen LogP contribution in [-0.4, -0.2) is 54.3 Å². The Hall–Kier alpha value is -2.40. The molecule has 1 atom stereocenters. The van der Waals surface area contributed by atoms with Crippen LogP contribution < -0.4 is 5.73 Å². The van der Waals surface area contributed by atoms with E-state index < -0.39 is 0 Å². The van der Waals surface area contributed by atoms with Crippen LogP contribution in [0.15, 0.2) is 42.5 Å². The Kier molecular flexibility index (Phi) is 5.34. The van der Waals surface area contributed by atoms with E-state index in [1.54, 1.807) is 0 Å². The van der Waals surface area contributed by atoms with Crippen molar-refractivity contribution in [1.82, 2.24) is 9.80 Å². The highest BCUT2D eigenvalue weighted by molar-refractivity contribution is 5.84. The van der Waals surface area contributed by atoms with Crippen LogP contribution in [0, 0.1) is 0 Å². The molecule has 1 fully saturated rings. The van der Waals surface area contributed by atoms with Gasteiger partial charge >= 0.3 is 0 Å². The van der Waals surface area contributed by atoms with Gasteiger partial charge in [0.05, 0.1) is 6.04 Å². The molecule has 3 rings (SSSR count). The Bertz CT molecular complexity index is 774. The molecule has 1 heterocycles. The number of piperazine rings is 1. The van der Waals surface area contributed by atoms with E-state index in [4.69, 9.17) is 5.73 Å². The molecular formula is C20H25N3O2. The second-order valence-corrected chi connectivity index (χ2v) is 6.76. The number of benzene rings is 2. The highest BCUT2D eigenvalue weighted by Crippen LogP contribution is 2.18. The summed E-state index contributed by atoms with van der Waals surface area (Å²) in [5.41, 5.74) is 6.47. The number of hydrogen-bond acceptors (Lipinski definition) is 3. The average Bonchev–Trinajstić information content (AvgIpc) is 2.60. The van der Waals surface area contributed by atoms with Crippen LogP contribution in [0.1, 0.15) is 18.4 Å². The van der Waals surface area contributed by atoms with Crippen LogP contribution in [-0.2, 0) is 16.0 Å². The van der Waals surface area contributed by atoms with Crippen LogP contribution in [0.4, 0.5) is 0 Å². The van der Waals surface area contributed by atoms with Crippen molar-refractivity contribution < 1.29 is 9.59 Å². The monoisotopic (exact) mass is 339 g/mol. The van der Waals surface area contributed by atoms with Gasteiger partial charge in [0.25, 0.3) is 0 Å². The molecule has 1 aliphatic rings. The molecule has 2 aromatic carbocycles. The smallest absolute Gasteiger partial charge is 0.239 e. The lowest BCUT2D eigenvalue weighted by molar-refractivity contribution is -0.141. The second kappa shape index (κ2) is 7.66. The van der Waals surface area contributed by atoms with E-state index in [1.807, 2.05) is 29.0 Å². The number of hydrogen-bond donors (Lipinski definition) is 1. The SMILES string of the molecule is CN1CCN(CCc2ccc3ccccc3c2)C(=O)C1CCC(N)=O. The summed E-state index contributed by atoms with van der Waals surface area (Å²) < 4.78 is 0. The fraction of sp³-hybridized carbons (Fsp3) is 0.400. The zero-order valence-electron chi connectivity index (χ0n) is 14.6. The molecule has 5 nitrogen and oxygen atoms in total. The van der Waals surface area contributed by atoms with E-state index in [1.165, 1.54) is 16.3 Å². The standard InChI is InChI=1S/C20H25N3O2/c1-22-12-13-23(20(25)18(22)8-9-19(21)24)11-10-15-6-7-16-4-2-3-5-17(16)14-15/h2-7,14,18H,8-13H2,1H3,(H2,21,24). The molecule has 0 aliphatic carbocycles. The van der Waals surface area contributed by atoms with Gasteiger partial charge in [0.2, 0.25) is 11.8 Å². The van der Waals surface area contributed by atoms with E-state index in [2.05, 4.69) is 30.3 Å². The number of nitrogens with zero attached hydrogens (tertiary/aromatic N) is 2. The molecule has 2 aromatic rings. The molecule has 0 radical (unpaired) electrons. The third-order valence-corrected chi connectivity index (χ3v) is 5.00. The van der Waals surface area contributed by atoms with Gasteiger partial charge in [0.1, 0.15) is 0 Å². The Morgan fingerprint density at radius 2 is 1.92 bits per heavy atom. The summed E-state index contributed by atoms with van der Waals surface area (Å²) in [6.45, 7) is 2.26. The van der Waals surface area contributed by atoms with E-state index in [9.17, 15) is 9.59 Å². The number of primary amides is 1. The quantitative estimate of drug-likeness (QED) is 0.872. The lowest BCUT2D eigenvalue weighted by atomic mass is 10.0. The summed E-state index contributed by atoms with van der Waals surface area (Å²) in [5, 5.41) is 2.46. The Morgan fingerprint density at radius 3 is 2.68 bits per heavy atom. The molecule has 25 heavy (non-hydrogen) atoms.